The Morgan fingerprint density at radius 2 is 1.76 bits per heavy atom. The van der Waals surface area contributed by atoms with Crippen molar-refractivity contribution in [3.63, 3.8) is 0 Å². The van der Waals surface area contributed by atoms with E-state index >= 15 is 0 Å². The molecule has 2 rings (SSSR count). The molecule has 1 aromatic carbocycles. The van der Waals surface area contributed by atoms with Gasteiger partial charge in [-0.15, -0.1) is 0 Å². The second-order valence-corrected chi connectivity index (χ2v) is 6.86. The maximum atomic E-state index is 12.8. The molecule has 29 heavy (non-hydrogen) atoms. The Labute approximate surface area is 165 Å². The predicted molar refractivity (Wildman–Crippen MR) is 104 cm³/mol. The van der Waals surface area contributed by atoms with E-state index in [1.165, 1.54) is 20.9 Å². The number of rotatable bonds is 7. The Balaban J connectivity index is 2.32. The summed E-state index contributed by atoms with van der Waals surface area (Å²) in [5.74, 6) is -3.55. The molecule has 0 radical (unpaired) electrons. The highest BCUT2D eigenvalue weighted by Gasteiger charge is 2.44. The van der Waals surface area contributed by atoms with Crippen LogP contribution in [0.3, 0.4) is 0 Å². The molecule has 0 aliphatic rings. The molecular weight excluding hydrogens is 387 g/mol. The normalized spacial score (nSPS) is 12.5. The van der Waals surface area contributed by atoms with Crippen molar-refractivity contribution in [1.82, 2.24) is 10.3 Å². The van der Waals surface area contributed by atoms with Crippen molar-refractivity contribution in [3.05, 3.63) is 52.3 Å². The van der Waals surface area contributed by atoms with Gasteiger partial charge in [0, 0.05) is 12.7 Å². The van der Waals surface area contributed by atoms with Crippen LogP contribution in [0.1, 0.15) is 19.4 Å². The van der Waals surface area contributed by atoms with Crippen LogP contribution in [0.15, 0.2) is 41.2 Å². The molecule has 0 fully saturated rings. The van der Waals surface area contributed by atoms with Crippen molar-refractivity contribution >= 4 is 17.4 Å². The Bertz CT molecular complexity index is 937. The minimum absolute atomic E-state index is 0.128. The number of aromatic amines is 1. The number of carbonyl (C=O) groups is 2. The molecule has 9 heteroatoms. The third-order valence-corrected chi connectivity index (χ3v) is 4.35. The molecule has 1 heterocycles. The summed E-state index contributed by atoms with van der Waals surface area (Å²) >= 11 is 0. The molecule has 3 N–H and O–H groups in total. The van der Waals surface area contributed by atoms with E-state index in [9.17, 15) is 27.6 Å². The first-order chi connectivity index (χ1) is 13.5. The van der Waals surface area contributed by atoms with Gasteiger partial charge in [0.25, 0.3) is 11.3 Å². The lowest BCUT2D eigenvalue weighted by molar-refractivity contribution is -0.174. The van der Waals surface area contributed by atoms with Gasteiger partial charge >= 0.3 is 6.18 Å². The van der Waals surface area contributed by atoms with Crippen molar-refractivity contribution in [2.24, 2.45) is 5.92 Å². The van der Waals surface area contributed by atoms with Crippen molar-refractivity contribution in [2.45, 2.75) is 32.5 Å². The molecule has 0 aliphatic heterocycles. The van der Waals surface area contributed by atoms with Gasteiger partial charge in [0.1, 0.15) is 5.69 Å². The lowest BCUT2D eigenvalue weighted by Crippen LogP contribution is -2.50. The number of hydrogen-bond acceptors (Lipinski definition) is 4. The summed E-state index contributed by atoms with van der Waals surface area (Å²) in [5, 5.41) is 4.85. The minimum Gasteiger partial charge on any atom is -0.383 e. The summed E-state index contributed by atoms with van der Waals surface area (Å²) < 4.78 is 38.4. The maximum absolute atomic E-state index is 12.8. The van der Waals surface area contributed by atoms with E-state index in [0.717, 1.165) is 0 Å². The Morgan fingerprint density at radius 1 is 1.14 bits per heavy atom. The number of alkyl halides is 3. The zero-order valence-electron chi connectivity index (χ0n) is 16.2. The summed E-state index contributed by atoms with van der Waals surface area (Å²) in [6.45, 7) is 2.82. The van der Waals surface area contributed by atoms with Crippen LogP contribution in [0.25, 0.3) is 11.3 Å². The van der Waals surface area contributed by atoms with Crippen molar-refractivity contribution in [1.29, 1.82) is 0 Å². The number of halogens is 3. The van der Waals surface area contributed by atoms with E-state index in [2.05, 4.69) is 15.6 Å². The minimum atomic E-state index is -5.05. The molecule has 1 atom stereocenters. The smallest absolute Gasteiger partial charge is 0.383 e. The topological polar surface area (TPSA) is 91.1 Å². The molecule has 156 valence electrons. The molecule has 1 amide bonds. The fourth-order valence-electron chi connectivity index (χ4n) is 2.91. The predicted octanol–water partition coefficient (Wildman–Crippen LogP) is 2.90. The van der Waals surface area contributed by atoms with Gasteiger partial charge in [-0.25, -0.2) is 0 Å². The Morgan fingerprint density at radius 3 is 2.28 bits per heavy atom. The van der Waals surface area contributed by atoms with E-state index in [1.807, 2.05) is 6.07 Å². The van der Waals surface area contributed by atoms with Crippen LogP contribution < -0.4 is 16.2 Å². The first-order valence-corrected chi connectivity index (χ1v) is 8.94. The quantitative estimate of drug-likeness (QED) is 0.656. The SMILES string of the molecule is CNc1c(CC(=O)NC(C(=O)C(F)(F)F)C(C)C)cc(-c2ccccc2)[nH]c1=O. The summed E-state index contributed by atoms with van der Waals surface area (Å²) in [6, 6.07) is 8.79. The van der Waals surface area contributed by atoms with E-state index in [4.69, 9.17) is 0 Å². The van der Waals surface area contributed by atoms with E-state index < -0.39 is 35.4 Å². The van der Waals surface area contributed by atoms with E-state index in [1.54, 1.807) is 30.3 Å². The number of H-pyrrole nitrogens is 1. The summed E-state index contributed by atoms with van der Waals surface area (Å²) in [5.41, 5.74) is 1.13. The number of ketones is 1. The number of amides is 1. The highest BCUT2D eigenvalue weighted by Crippen LogP contribution is 2.22. The molecule has 0 bridgehead atoms. The van der Waals surface area contributed by atoms with Crippen LogP contribution in [-0.2, 0) is 16.0 Å². The first kappa shape index (κ1) is 22.2. The largest absolute Gasteiger partial charge is 0.452 e. The highest BCUT2D eigenvalue weighted by atomic mass is 19.4. The zero-order valence-corrected chi connectivity index (χ0v) is 16.2. The molecule has 0 saturated carbocycles. The van der Waals surface area contributed by atoms with Crippen LogP contribution in [0.2, 0.25) is 0 Å². The number of benzene rings is 1. The van der Waals surface area contributed by atoms with Crippen LogP contribution >= 0.6 is 0 Å². The van der Waals surface area contributed by atoms with Gasteiger partial charge in [-0.2, -0.15) is 13.2 Å². The second-order valence-electron chi connectivity index (χ2n) is 6.86. The first-order valence-electron chi connectivity index (χ1n) is 8.94. The van der Waals surface area contributed by atoms with Gasteiger partial charge in [-0.3, -0.25) is 14.4 Å². The molecule has 0 saturated heterocycles. The van der Waals surface area contributed by atoms with Crippen molar-refractivity contribution < 1.29 is 22.8 Å². The molecule has 0 spiro atoms. The van der Waals surface area contributed by atoms with E-state index in [-0.39, 0.29) is 12.1 Å². The van der Waals surface area contributed by atoms with Gasteiger partial charge in [0.05, 0.1) is 12.5 Å². The summed E-state index contributed by atoms with van der Waals surface area (Å²) in [7, 11) is 1.50. The van der Waals surface area contributed by atoms with Gasteiger partial charge in [-0.05, 0) is 23.1 Å². The van der Waals surface area contributed by atoms with Crippen LogP contribution in [0, 0.1) is 5.92 Å². The van der Waals surface area contributed by atoms with E-state index in [0.29, 0.717) is 16.8 Å². The van der Waals surface area contributed by atoms with Gasteiger partial charge in [-0.1, -0.05) is 44.2 Å². The van der Waals surface area contributed by atoms with Gasteiger partial charge < -0.3 is 15.6 Å². The maximum Gasteiger partial charge on any atom is 0.452 e. The third-order valence-electron chi connectivity index (χ3n) is 4.35. The van der Waals surface area contributed by atoms with Gasteiger partial charge in [0.15, 0.2) is 0 Å². The number of hydrogen-bond donors (Lipinski definition) is 3. The van der Waals surface area contributed by atoms with Crippen molar-refractivity contribution in [3.8, 4) is 11.3 Å². The fraction of sp³-hybridized carbons (Fsp3) is 0.350. The fourth-order valence-corrected chi connectivity index (χ4v) is 2.91. The van der Waals surface area contributed by atoms with Gasteiger partial charge in [0.2, 0.25) is 5.91 Å². The molecule has 0 aliphatic carbocycles. The summed E-state index contributed by atoms with van der Waals surface area (Å²) in [6.07, 6.45) is -5.42. The highest BCUT2D eigenvalue weighted by molar-refractivity contribution is 5.93. The second kappa shape index (κ2) is 8.93. The molecular formula is C20H22F3N3O3. The number of Topliss-reactive ketones (excluding diaryl/α,β-unsaturated/α-hetero) is 1. The molecule has 1 unspecified atom stereocenters. The monoisotopic (exact) mass is 409 g/mol. The Kier molecular flexibility index (Phi) is 6.84. The number of anilines is 1. The standard InChI is InChI=1S/C20H22F3N3O3/c1-11(2)16(18(28)20(21,22)23)26-15(27)10-13-9-14(12-7-5-4-6-8-12)25-19(29)17(13)24-3/h4-9,11,16,24H,10H2,1-3H3,(H,25,29)(H,26,27). The van der Waals surface area contributed by atoms with Crippen LogP contribution in [0.4, 0.5) is 18.9 Å². The third kappa shape index (κ3) is 5.46. The molecule has 1 aromatic heterocycles. The number of carbonyl (C=O) groups excluding carboxylic acids is 2. The average Bonchev–Trinajstić information content (AvgIpc) is 2.65. The van der Waals surface area contributed by atoms with Crippen molar-refractivity contribution in [2.75, 3.05) is 12.4 Å². The lowest BCUT2D eigenvalue weighted by Gasteiger charge is -2.22. The Hall–Kier alpha value is -3.10. The van der Waals surface area contributed by atoms with Crippen LogP contribution in [0.5, 0.6) is 0 Å². The number of pyridine rings is 1. The zero-order chi connectivity index (χ0) is 21.8. The van der Waals surface area contributed by atoms with Crippen LogP contribution in [-0.4, -0.2) is 35.9 Å². The summed E-state index contributed by atoms with van der Waals surface area (Å²) in [4.78, 5) is 39.1. The number of nitrogens with one attached hydrogen (secondary N) is 3. The lowest BCUT2D eigenvalue weighted by atomic mass is 9.98. The average molecular weight is 409 g/mol. The molecule has 2 aromatic rings. The molecule has 6 nitrogen and oxygen atoms in total. The number of aromatic nitrogens is 1.